The van der Waals surface area contributed by atoms with Gasteiger partial charge in [0.1, 0.15) is 5.75 Å². The van der Waals surface area contributed by atoms with Crippen molar-refractivity contribution in [3.05, 3.63) is 28.2 Å². The molecule has 0 aromatic heterocycles. The van der Waals surface area contributed by atoms with Crippen LogP contribution in [-0.4, -0.2) is 38.6 Å². The van der Waals surface area contributed by atoms with Gasteiger partial charge in [-0.05, 0) is 44.0 Å². The Labute approximate surface area is 136 Å². The van der Waals surface area contributed by atoms with Crippen LogP contribution in [-0.2, 0) is 9.47 Å². The Balaban J connectivity index is 2.27. The fourth-order valence-corrected chi connectivity index (χ4v) is 2.51. The molecule has 0 fully saturated rings. The lowest BCUT2D eigenvalue weighted by Crippen LogP contribution is -2.22. The first-order valence-electron chi connectivity index (χ1n) is 7.47. The van der Waals surface area contributed by atoms with Gasteiger partial charge < -0.3 is 19.9 Å². The predicted octanol–water partition coefficient (Wildman–Crippen LogP) is 3.64. The standard InChI is InChI=1S/C16H26BrNO3/c1-3-15(14-12-13(17)6-7-16(14)19)18-8-4-5-9-21-11-10-20-2/h6-7,12,15,18-19H,3-5,8-11H2,1-2H3. The lowest BCUT2D eigenvalue weighted by molar-refractivity contribution is 0.0687. The summed E-state index contributed by atoms with van der Waals surface area (Å²) in [7, 11) is 1.68. The highest BCUT2D eigenvalue weighted by Gasteiger charge is 2.13. The number of methoxy groups -OCH3 is 1. The minimum atomic E-state index is 0.178. The van der Waals surface area contributed by atoms with Crippen LogP contribution < -0.4 is 5.32 Å². The van der Waals surface area contributed by atoms with E-state index in [0.717, 1.165) is 42.5 Å². The molecule has 0 aliphatic rings. The summed E-state index contributed by atoms with van der Waals surface area (Å²) in [5, 5.41) is 13.5. The minimum Gasteiger partial charge on any atom is -0.508 e. The van der Waals surface area contributed by atoms with Crippen molar-refractivity contribution in [2.75, 3.05) is 33.5 Å². The van der Waals surface area contributed by atoms with E-state index in [2.05, 4.69) is 28.2 Å². The van der Waals surface area contributed by atoms with Crippen LogP contribution in [0.4, 0.5) is 0 Å². The topological polar surface area (TPSA) is 50.7 Å². The molecule has 0 bridgehead atoms. The number of rotatable bonds is 11. The fraction of sp³-hybridized carbons (Fsp3) is 0.625. The summed E-state index contributed by atoms with van der Waals surface area (Å²) >= 11 is 3.45. The van der Waals surface area contributed by atoms with E-state index in [9.17, 15) is 5.11 Å². The van der Waals surface area contributed by atoms with Crippen LogP contribution in [0.2, 0.25) is 0 Å². The summed E-state index contributed by atoms with van der Waals surface area (Å²) in [5.41, 5.74) is 0.947. The molecule has 0 spiro atoms. The number of unbranched alkanes of at least 4 members (excludes halogenated alkanes) is 1. The highest BCUT2D eigenvalue weighted by Crippen LogP contribution is 2.29. The first kappa shape index (κ1) is 18.4. The van der Waals surface area contributed by atoms with Crippen LogP contribution >= 0.6 is 15.9 Å². The number of halogens is 1. The Morgan fingerprint density at radius 2 is 2.05 bits per heavy atom. The molecular weight excluding hydrogens is 334 g/mol. The molecule has 1 unspecified atom stereocenters. The third-order valence-electron chi connectivity index (χ3n) is 3.31. The van der Waals surface area contributed by atoms with Crippen molar-refractivity contribution in [1.82, 2.24) is 5.32 Å². The third-order valence-corrected chi connectivity index (χ3v) is 3.80. The number of hydrogen-bond donors (Lipinski definition) is 2. The van der Waals surface area contributed by atoms with Gasteiger partial charge in [0.25, 0.3) is 0 Å². The van der Waals surface area contributed by atoms with Crippen molar-refractivity contribution < 1.29 is 14.6 Å². The van der Waals surface area contributed by atoms with Crippen molar-refractivity contribution >= 4 is 15.9 Å². The maximum atomic E-state index is 9.97. The number of nitrogens with one attached hydrogen (secondary N) is 1. The van der Waals surface area contributed by atoms with Gasteiger partial charge in [-0.3, -0.25) is 0 Å². The number of phenols is 1. The lowest BCUT2D eigenvalue weighted by atomic mass is 10.0. The number of benzene rings is 1. The van der Waals surface area contributed by atoms with Gasteiger partial charge in [-0.25, -0.2) is 0 Å². The van der Waals surface area contributed by atoms with E-state index in [1.807, 2.05) is 12.1 Å². The Kier molecular flexibility index (Phi) is 9.67. The van der Waals surface area contributed by atoms with Crippen LogP contribution in [0.15, 0.2) is 22.7 Å². The van der Waals surface area contributed by atoms with Crippen molar-refractivity contribution in [2.24, 2.45) is 0 Å². The van der Waals surface area contributed by atoms with Crippen LogP contribution in [0, 0.1) is 0 Å². The number of ether oxygens (including phenoxy) is 2. The van der Waals surface area contributed by atoms with E-state index in [0.29, 0.717) is 19.0 Å². The quantitative estimate of drug-likeness (QED) is 0.592. The van der Waals surface area contributed by atoms with Crippen LogP contribution in [0.5, 0.6) is 5.75 Å². The monoisotopic (exact) mass is 359 g/mol. The van der Waals surface area contributed by atoms with E-state index >= 15 is 0 Å². The molecule has 120 valence electrons. The Hall–Kier alpha value is -0.620. The zero-order chi connectivity index (χ0) is 15.5. The maximum Gasteiger partial charge on any atom is 0.120 e. The molecule has 0 aliphatic heterocycles. The van der Waals surface area contributed by atoms with Crippen molar-refractivity contribution in [2.45, 2.75) is 32.2 Å². The average Bonchev–Trinajstić information content (AvgIpc) is 2.49. The second-order valence-electron chi connectivity index (χ2n) is 4.93. The summed E-state index contributed by atoms with van der Waals surface area (Å²) < 4.78 is 11.3. The predicted molar refractivity (Wildman–Crippen MR) is 88.8 cm³/mol. The zero-order valence-electron chi connectivity index (χ0n) is 12.9. The van der Waals surface area contributed by atoms with Crippen molar-refractivity contribution in [3.8, 4) is 5.75 Å². The second-order valence-corrected chi connectivity index (χ2v) is 5.85. The van der Waals surface area contributed by atoms with Gasteiger partial charge in [0, 0.05) is 29.8 Å². The molecule has 0 heterocycles. The molecule has 0 saturated heterocycles. The molecule has 0 saturated carbocycles. The SMILES string of the molecule is CCC(NCCCCOCCOC)c1cc(Br)ccc1O. The Bertz CT molecular complexity index is 401. The molecular formula is C16H26BrNO3. The van der Waals surface area contributed by atoms with Gasteiger partial charge >= 0.3 is 0 Å². The summed E-state index contributed by atoms with van der Waals surface area (Å²) in [6.45, 7) is 5.11. The highest BCUT2D eigenvalue weighted by atomic mass is 79.9. The number of aromatic hydroxyl groups is 1. The Morgan fingerprint density at radius 3 is 2.76 bits per heavy atom. The van der Waals surface area contributed by atoms with Gasteiger partial charge in [0.2, 0.25) is 0 Å². The molecule has 2 N–H and O–H groups in total. The number of hydrogen-bond acceptors (Lipinski definition) is 4. The van der Waals surface area contributed by atoms with Gasteiger partial charge in [-0.1, -0.05) is 22.9 Å². The molecule has 5 heteroatoms. The van der Waals surface area contributed by atoms with Crippen molar-refractivity contribution in [3.63, 3.8) is 0 Å². The molecule has 0 radical (unpaired) electrons. The molecule has 4 nitrogen and oxygen atoms in total. The van der Waals surface area contributed by atoms with E-state index in [1.54, 1.807) is 13.2 Å². The van der Waals surface area contributed by atoms with Gasteiger partial charge in [-0.15, -0.1) is 0 Å². The molecule has 1 atom stereocenters. The van der Waals surface area contributed by atoms with Gasteiger partial charge in [0.05, 0.1) is 13.2 Å². The highest BCUT2D eigenvalue weighted by molar-refractivity contribution is 9.10. The molecule has 1 aromatic rings. The molecule has 21 heavy (non-hydrogen) atoms. The molecule has 1 aromatic carbocycles. The van der Waals surface area contributed by atoms with E-state index in [1.165, 1.54) is 0 Å². The van der Waals surface area contributed by atoms with E-state index in [4.69, 9.17) is 9.47 Å². The number of phenolic OH excluding ortho intramolecular Hbond substituents is 1. The van der Waals surface area contributed by atoms with Crippen molar-refractivity contribution in [1.29, 1.82) is 0 Å². The largest absolute Gasteiger partial charge is 0.508 e. The molecule has 1 rings (SSSR count). The van der Waals surface area contributed by atoms with Gasteiger partial charge in [0.15, 0.2) is 0 Å². The van der Waals surface area contributed by atoms with E-state index in [-0.39, 0.29) is 6.04 Å². The summed E-state index contributed by atoms with van der Waals surface area (Å²) in [5.74, 6) is 0.348. The maximum absolute atomic E-state index is 9.97. The molecule has 0 aliphatic carbocycles. The average molecular weight is 360 g/mol. The smallest absolute Gasteiger partial charge is 0.120 e. The first-order chi connectivity index (χ1) is 10.2. The summed E-state index contributed by atoms with van der Waals surface area (Å²) in [6, 6.07) is 5.73. The minimum absolute atomic E-state index is 0.178. The van der Waals surface area contributed by atoms with Gasteiger partial charge in [-0.2, -0.15) is 0 Å². The lowest BCUT2D eigenvalue weighted by Gasteiger charge is -2.19. The second kappa shape index (κ2) is 11.0. The molecule has 0 amide bonds. The summed E-state index contributed by atoms with van der Waals surface area (Å²) in [4.78, 5) is 0. The van der Waals surface area contributed by atoms with Crippen LogP contribution in [0.3, 0.4) is 0 Å². The summed E-state index contributed by atoms with van der Waals surface area (Å²) in [6.07, 6.45) is 3.02. The third kappa shape index (κ3) is 7.27. The Morgan fingerprint density at radius 1 is 1.24 bits per heavy atom. The fourth-order valence-electron chi connectivity index (χ4n) is 2.13. The zero-order valence-corrected chi connectivity index (χ0v) is 14.5. The van der Waals surface area contributed by atoms with E-state index < -0.39 is 0 Å². The normalized spacial score (nSPS) is 12.5. The first-order valence-corrected chi connectivity index (χ1v) is 8.26. The van der Waals surface area contributed by atoms with Crippen LogP contribution in [0.1, 0.15) is 37.8 Å². The van der Waals surface area contributed by atoms with Crippen LogP contribution in [0.25, 0.3) is 0 Å².